The summed E-state index contributed by atoms with van der Waals surface area (Å²) in [6, 6.07) is 7.49. The third kappa shape index (κ3) is 4.11. The van der Waals surface area contributed by atoms with E-state index < -0.39 is 0 Å². The maximum atomic E-state index is 10.8. The predicted octanol–water partition coefficient (Wildman–Crippen LogP) is 2.82. The molecule has 0 heterocycles. The van der Waals surface area contributed by atoms with Gasteiger partial charge in [0.15, 0.2) is 0 Å². The molecule has 0 aliphatic rings. The van der Waals surface area contributed by atoms with Crippen molar-refractivity contribution in [3.63, 3.8) is 0 Å². The fourth-order valence-corrected chi connectivity index (χ4v) is 1.26. The van der Waals surface area contributed by atoms with Gasteiger partial charge in [-0.25, -0.2) is 0 Å². The standard InChI is InChI=1S/C10H10BrClO2/c11-7-10(13)14-6-5-8-1-3-9(12)4-2-8/h1-4H,5-7H2. The number of carbonyl (C=O) groups excluding carboxylic acids is 1. The van der Waals surface area contributed by atoms with Crippen LogP contribution in [0.3, 0.4) is 0 Å². The Hall–Kier alpha value is -0.540. The first kappa shape index (κ1) is 11.5. The van der Waals surface area contributed by atoms with Crippen LogP contribution >= 0.6 is 27.5 Å². The molecule has 4 heteroatoms. The summed E-state index contributed by atoms with van der Waals surface area (Å²) in [7, 11) is 0. The summed E-state index contributed by atoms with van der Waals surface area (Å²) in [5.74, 6) is -0.237. The second-order valence-electron chi connectivity index (χ2n) is 2.73. The van der Waals surface area contributed by atoms with Crippen LogP contribution < -0.4 is 0 Å². The molecule has 1 aromatic carbocycles. The van der Waals surface area contributed by atoms with E-state index in [2.05, 4.69) is 15.9 Å². The van der Waals surface area contributed by atoms with Gasteiger partial charge in [0.2, 0.25) is 0 Å². The lowest BCUT2D eigenvalue weighted by molar-refractivity contribution is -0.140. The van der Waals surface area contributed by atoms with Crippen LogP contribution in [0.4, 0.5) is 0 Å². The maximum Gasteiger partial charge on any atom is 0.316 e. The molecule has 0 spiro atoms. The van der Waals surface area contributed by atoms with Crippen molar-refractivity contribution in [2.24, 2.45) is 0 Å². The number of hydrogen-bond donors (Lipinski definition) is 0. The first-order valence-electron chi connectivity index (χ1n) is 4.18. The Morgan fingerprint density at radius 3 is 2.57 bits per heavy atom. The summed E-state index contributed by atoms with van der Waals surface area (Å²) in [5.41, 5.74) is 1.11. The molecule has 0 saturated carbocycles. The lowest BCUT2D eigenvalue weighted by Gasteiger charge is -2.02. The number of hydrogen-bond acceptors (Lipinski definition) is 2. The fourth-order valence-electron chi connectivity index (χ4n) is 0.972. The van der Waals surface area contributed by atoms with Crippen LogP contribution in [0.5, 0.6) is 0 Å². The summed E-state index contributed by atoms with van der Waals surface area (Å²) in [6.45, 7) is 0.409. The Morgan fingerprint density at radius 2 is 2.00 bits per heavy atom. The minimum absolute atomic E-state index is 0.237. The topological polar surface area (TPSA) is 26.3 Å². The lowest BCUT2D eigenvalue weighted by atomic mass is 10.2. The maximum absolute atomic E-state index is 10.8. The number of esters is 1. The van der Waals surface area contributed by atoms with E-state index in [0.29, 0.717) is 11.6 Å². The molecule has 0 unspecified atom stereocenters. The van der Waals surface area contributed by atoms with Crippen LogP contribution in [-0.4, -0.2) is 17.9 Å². The average Bonchev–Trinajstić information content (AvgIpc) is 2.21. The molecule has 0 aliphatic heterocycles. The molecule has 14 heavy (non-hydrogen) atoms. The van der Waals surface area contributed by atoms with Gasteiger partial charge in [0.05, 0.1) is 6.61 Å². The fraction of sp³-hybridized carbons (Fsp3) is 0.300. The van der Waals surface area contributed by atoms with Gasteiger partial charge >= 0.3 is 5.97 Å². The molecule has 1 aromatic rings. The van der Waals surface area contributed by atoms with E-state index in [1.807, 2.05) is 24.3 Å². The van der Waals surface area contributed by atoms with Crippen LogP contribution in [0.1, 0.15) is 5.56 Å². The zero-order valence-electron chi connectivity index (χ0n) is 7.50. The molecular weight excluding hydrogens is 267 g/mol. The number of ether oxygens (including phenoxy) is 1. The first-order chi connectivity index (χ1) is 6.72. The molecule has 0 amide bonds. The van der Waals surface area contributed by atoms with E-state index >= 15 is 0 Å². The molecule has 0 radical (unpaired) electrons. The van der Waals surface area contributed by atoms with Gasteiger partial charge in [-0.15, -0.1) is 0 Å². The number of halogens is 2. The van der Waals surface area contributed by atoms with Crippen molar-refractivity contribution < 1.29 is 9.53 Å². The van der Waals surface area contributed by atoms with Crippen LogP contribution in [-0.2, 0) is 16.0 Å². The summed E-state index contributed by atoms with van der Waals surface area (Å²) < 4.78 is 4.91. The summed E-state index contributed by atoms with van der Waals surface area (Å²) in [5, 5.41) is 0.958. The number of rotatable bonds is 4. The highest BCUT2D eigenvalue weighted by Crippen LogP contribution is 2.09. The zero-order chi connectivity index (χ0) is 10.4. The molecule has 0 saturated heterocycles. The summed E-state index contributed by atoms with van der Waals surface area (Å²) >= 11 is 8.75. The molecule has 76 valence electrons. The largest absolute Gasteiger partial charge is 0.465 e. The van der Waals surface area contributed by atoms with Crippen LogP contribution in [0.2, 0.25) is 5.02 Å². The highest BCUT2D eigenvalue weighted by molar-refractivity contribution is 9.09. The van der Waals surface area contributed by atoms with Crippen molar-refractivity contribution in [2.75, 3.05) is 11.9 Å². The van der Waals surface area contributed by atoms with Crippen molar-refractivity contribution in [2.45, 2.75) is 6.42 Å². The van der Waals surface area contributed by atoms with E-state index in [9.17, 15) is 4.79 Å². The van der Waals surface area contributed by atoms with Gasteiger partial charge in [0.1, 0.15) is 5.33 Å². The van der Waals surface area contributed by atoms with Crippen molar-refractivity contribution in [1.82, 2.24) is 0 Å². The van der Waals surface area contributed by atoms with E-state index in [-0.39, 0.29) is 11.3 Å². The molecular formula is C10H10BrClO2. The van der Waals surface area contributed by atoms with Gasteiger partial charge < -0.3 is 4.74 Å². The van der Waals surface area contributed by atoms with E-state index in [1.54, 1.807) is 0 Å². The minimum atomic E-state index is -0.237. The zero-order valence-corrected chi connectivity index (χ0v) is 9.85. The highest BCUT2D eigenvalue weighted by Gasteiger charge is 1.99. The van der Waals surface area contributed by atoms with Crippen LogP contribution in [0.15, 0.2) is 24.3 Å². The van der Waals surface area contributed by atoms with Gasteiger partial charge in [0.25, 0.3) is 0 Å². The predicted molar refractivity (Wildman–Crippen MR) is 59.9 cm³/mol. The van der Waals surface area contributed by atoms with Crippen LogP contribution in [0.25, 0.3) is 0 Å². The van der Waals surface area contributed by atoms with E-state index in [4.69, 9.17) is 16.3 Å². The average molecular weight is 278 g/mol. The third-order valence-corrected chi connectivity index (χ3v) is 2.39. The van der Waals surface area contributed by atoms with E-state index in [1.165, 1.54) is 0 Å². The molecule has 0 aliphatic carbocycles. The molecule has 0 bridgehead atoms. The third-order valence-electron chi connectivity index (χ3n) is 1.68. The van der Waals surface area contributed by atoms with Crippen molar-refractivity contribution >= 4 is 33.5 Å². The molecule has 2 nitrogen and oxygen atoms in total. The van der Waals surface area contributed by atoms with Gasteiger partial charge in [-0.05, 0) is 17.7 Å². The SMILES string of the molecule is O=C(CBr)OCCc1ccc(Cl)cc1. The van der Waals surface area contributed by atoms with Gasteiger partial charge in [-0.3, -0.25) is 4.79 Å². The Bertz CT molecular complexity index is 297. The normalized spacial score (nSPS) is 9.86. The number of alkyl halides is 1. The summed E-state index contributed by atoms with van der Waals surface area (Å²) in [6.07, 6.45) is 0.718. The second kappa shape index (κ2) is 6.04. The Morgan fingerprint density at radius 1 is 1.36 bits per heavy atom. The lowest BCUT2D eigenvalue weighted by Crippen LogP contribution is -2.08. The van der Waals surface area contributed by atoms with Gasteiger partial charge in [0, 0.05) is 11.4 Å². The number of benzene rings is 1. The Kier molecular flexibility index (Phi) is 4.98. The first-order valence-corrected chi connectivity index (χ1v) is 5.68. The molecule has 0 fully saturated rings. The molecule has 1 rings (SSSR count). The van der Waals surface area contributed by atoms with Crippen LogP contribution in [0, 0.1) is 0 Å². The van der Waals surface area contributed by atoms with Gasteiger partial charge in [-0.1, -0.05) is 39.7 Å². The smallest absolute Gasteiger partial charge is 0.316 e. The second-order valence-corrected chi connectivity index (χ2v) is 3.73. The van der Waals surface area contributed by atoms with Crippen molar-refractivity contribution in [3.05, 3.63) is 34.9 Å². The molecule has 0 N–H and O–H groups in total. The minimum Gasteiger partial charge on any atom is -0.465 e. The molecule has 0 aromatic heterocycles. The number of carbonyl (C=O) groups is 1. The Labute approximate surface area is 96.3 Å². The van der Waals surface area contributed by atoms with Crippen molar-refractivity contribution in [3.8, 4) is 0 Å². The molecule has 0 atom stereocenters. The Balaban J connectivity index is 2.31. The monoisotopic (exact) mass is 276 g/mol. The highest BCUT2D eigenvalue weighted by atomic mass is 79.9. The van der Waals surface area contributed by atoms with E-state index in [0.717, 1.165) is 12.0 Å². The quantitative estimate of drug-likeness (QED) is 0.625. The van der Waals surface area contributed by atoms with Crippen molar-refractivity contribution in [1.29, 1.82) is 0 Å². The summed E-state index contributed by atoms with van der Waals surface area (Å²) in [4.78, 5) is 10.8. The van der Waals surface area contributed by atoms with Gasteiger partial charge in [-0.2, -0.15) is 0 Å².